The first-order valence-electron chi connectivity index (χ1n) is 8.16. The van der Waals surface area contributed by atoms with Crippen LogP contribution in [0, 0.1) is 18.3 Å². The van der Waals surface area contributed by atoms with Crippen molar-refractivity contribution in [3.63, 3.8) is 0 Å². The summed E-state index contributed by atoms with van der Waals surface area (Å²) in [6.45, 7) is 2.44. The molecule has 2 N–H and O–H groups in total. The van der Waals surface area contributed by atoms with Crippen LogP contribution in [-0.4, -0.2) is 17.1 Å². The van der Waals surface area contributed by atoms with Crippen molar-refractivity contribution < 1.29 is 4.74 Å². The van der Waals surface area contributed by atoms with E-state index in [9.17, 15) is 0 Å². The summed E-state index contributed by atoms with van der Waals surface area (Å²) in [5, 5.41) is 15.4. The molecule has 0 spiro atoms. The number of aryl methyl sites for hydroxylation is 1. The molecule has 1 aromatic heterocycles. The molecule has 3 rings (SSSR count). The minimum Gasteiger partial charge on any atom is -0.496 e. The Morgan fingerprint density at radius 1 is 1.04 bits per heavy atom. The predicted octanol–water partition coefficient (Wildman–Crippen LogP) is 4.02. The van der Waals surface area contributed by atoms with E-state index in [2.05, 4.69) is 26.7 Å². The smallest absolute Gasteiger partial charge is 0.136 e. The lowest BCUT2D eigenvalue weighted by Crippen LogP contribution is -2.06. The molecule has 0 saturated heterocycles. The van der Waals surface area contributed by atoms with Crippen LogP contribution in [0.2, 0.25) is 0 Å². The highest BCUT2D eigenvalue weighted by molar-refractivity contribution is 5.60. The van der Waals surface area contributed by atoms with Gasteiger partial charge in [-0.2, -0.15) is 5.26 Å². The van der Waals surface area contributed by atoms with E-state index >= 15 is 0 Å². The van der Waals surface area contributed by atoms with Gasteiger partial charge >= 0.3 is 0 Å². The van der Waals surface area contributed by atoms with Crippen molar-refractivity contribution in [1.29, 1.82) is 5.26 Å². The molecule has 0 fully saturated rings. The van der Waals surface area contributed by atoms with E-state index in [4.69, 9.17) is 10.00 Å². The average molecular weight is 345 g/mol. The zero-order valence-electron chi connectivity index (χ0n) is 14.7. The molecule has 0 aliphatic rings. The Labute approximate surface area is 152 Å². The van der Waals surface area contributed by atoms with Gasteiger partial charge in [0, 0.05) is 23.9 Å². The highest BCUT2D eigenvalue weighted by Crippen LogP contribution is 2.21. The maximum atomic E-state index is 8.87. The fourth-order valence-corrected chi connectivity index (χ4v) is 2.53. The zero-order valence-corrected chi connectivity index (χ0v) is 14.7. The largest absolute Gasteiger partial charge is 0.496 e. The fourth-order valence-electron chi connectivity index (χ4n) is 2.53. The summed E-state index contributed by atoms with van der Waals surface area (Å²) in [4.78, 5) is 8.84. The number of aromatic nitrogens is 2. The summed E-state index contributed by atoms with van der Waals surface area (Å²) >= 11 is 0. The Bertz CT molecular complexity index is 932. The Morgan fingerprint density at radius 3 is 2.50 bits per heavy atom. The molecular weight excluding hydrogens is 326 g/mol. The van der Waals surface area contributed by atoms with Crippen molar-refractivity contribution in [1.82, 2.24) is 9.97 Å². The lowest BCUT2D eigenvalue weighted by atomic mass is 10.2. The van der Waals surface area contributed by atoms with Gasteiger partial charge in [0.25, 0.3) is 0 Å². The standard InChI is InChI=1S/C20H19N5O/c1-14-23-19(22-13-16-5-3-4-6-18(16)26-2)11-20(24-14)25-17-9-7-15(12-21)8-10-17/h3-11H,13H2,1-2H3,(H2,22,23,24,25). The Hall–Kier alpha value is -3.59. The first-order chi connectivity index (χ1) is 12.7. The molecule has 2 aromatic carbocycles. The van der Waals surface area contributed by atoms with Crippen LogP contribution in [0.3, 0.4) is 0 Å². The molecule has 6 nitrogen and oxygen atoms in total. The number of hydrogen-bond acceptors (Lipinski definition) is 6. The lowest BCUT2D eigenvalue weighted by molar-refractivity contribution is 0.410. The van der Waals surface area contributed by atoms with Gasteiger partial charge in [0.05, 0.1) is 18.7 Å². The van der Waals surface area contributed by atoms with E-state index in [1.165, 1.54) is 0 Å². The third-order valence-corrected chi connectivity index (χ3v) is 3.78. The number of nitrogens with one attached hydrogen (secondary N) is 2. The molecule has 0 unspecified atom stereocenters. The van der Waals surface area contributed by atoms with E-state index in [0.717, 1.165) is 22.8 Å². The number of methoxy groups -OCH3 is 1. The predicted molar refractivity (Wildman–Crippen MR) is 102 cm³/mol. The van der Waals surface area contributed by atoms with E-state index in [-0.39, 0.29) is 0 Å². The third-order valence-electron chi connectivity index (χ3n) is 3.78. The van der Waals surface area contributed by atoms with E-state index in [0.29, 0.717) is 23.8 Å². The average Bonchev–Trinajstić information content (AvgIpc) is 2.67. The topological polar surface area (TPSA) is 82.9 Å². The van der Waals surface area contributed by atoms with Crippen molar-refractivity contribution in [3.05, 3.63) is 71.5 Å². The Kier molecular flexibility index (Phi) is 5.30. The maximum absolute atomic E-state index is 8.87. The summed E-state index contributed by atoms with van der Waals surface area (Å²) in [5.74, 6) is 2.90. The van der Waals surface area contributed by atoms with Gasteiger partial charge < -0.3 is 15.4 Å². The van der Waals surface area contributed by atoms with Gasteiger partial charge in [0.2, 0.25) is 0 Å². The number of nitriles is 1. The van der Waals surface area contributed by atoms with Crippen LogP contribution >= 0.6 is 0 Å². The van der Waals surface area contributed by atoms with Crippen LogP contribution in [0.5, 0.6) is 5.75 Å². The molecule has 3 aromatic rings. The highest BCUT2D eigenvalue weighted by atomic mass is 16.5. The second-order valence-corrected chi connectivity index (χ2v) is 5.67. The first kappa shape index (κ1) is 17.2. The number of ether oxygens (including phenoxy) is 1. The Morgan fingerprint density at radius 2 is 1.77 bits per heavy atom. The molecular formula is C20H19N5O. The van der Waals surface area contributed by atoms with Crippen LogP contribution in [0.4, 0.5) is 17.3 Å². The molecule has 0 aliphatic heterocycles. The SMILES string of the molecule is COc1ccccc1CNc1cc(Nc2ccc(C#N)cc2)nc(C)n1. The van der Waals surface area contributed by atoms with Gasteiger partial charge in [-0.05, 0) is 37.3 Å². The third kappa shape index (κ3) is 4.28. The quantitative estimate of drug-likeness (QED) is 0.702. The van der Waals surface area contributed by atoms with Crippen LogP contribution in [-0.2, 0) is 6.54 Å². The Balaban J connectivity index is 1.73. The van der Waals surface area contributed by atoms with E-state index in [1.807, 2.05) is 49.4 Å². The van der Waals surface area contributed by atoms with Gasteiger partial charge in [0.15, 0.2) is 0 Å². The summed E-state index contributed by atoms with van der Waals surface area (Å²) in [6, 6.07) is 19.0. The molecule has 0 bridgehead atoms. The molecule has 6 heteroatoms. The number of para-hydroxylation sites is 1. The van der Waals surface area contributed by atoms with E-state index < -0.39 is 0 Å². The van der Waals surface area contributed by atoms with Crippen LogP contribution in [0.1, 0.15) is 17.0 Å². The second kappa shape index (κ2) is 7.99. The normalized spacial score (nSPS) is 10.0. The lowest BCUT2D eigenvalue weighted by Gasteiger charge is -2.12. The van der Waals surface area contributed by atoms with Crippen molar-refractivity contribution in [2.45, 2.75) is 13.5 Å². The van der Waals surface area contributed by atoms with Gasteiger partial charge in [-0.1, -0.05) is 18.2 Å². The highest BCUT2D eigenvalue weighted by Gasteiger charge is 2.05. The molecule has 130 valence electrons. The van der Waals surface area contributed by atoms with Crippen LogP contribution in [0.25, 0.3) is 0 Å². The number of nitrogens with zero attached hydrogens (tertiary/aromatic N) is 3. The molecule has 0 atom stereocenters. The van der Waals surface area contributed by atoms with Crippen molar-refractivity contribution in [2.75, 3.05) is 17.7 Å². The molecule has 26 heavy (non-hydrogen) atoms. The van der Waals surface area contributed by atoms with Crippen molar-refractivity contribution in [3.8, 4) is 11.8 Å². The van der Waals surface area contributed by atoms with Gasteiger partial charge in [-0.25, -0.2) is 9.97 Å². The number of anilines is 3. The monoisotopic (exact) mass is 345 g/mol. The number of rotatable bonds is 6. The minimum absolute atomic E-state index is 0.594. The summed E-state index contributed by atoms with van der Waals surface area (Å²) in [7, 11) is 1.66. The second-order valence-electron chi connectivity index (χ2n) is 5.67. The number of benzene rings is 2. The zero-order chi connectivity index (χ0) is 18.4. The van der Waals surface area contributed by atoms with Crippen molar-refractivity contribution in [2.24, 2.45) is 0 Å². The van der Waals surface area contributed by atoms with Gasteiger partial charge in [-0.3, -0.25) is 0 Å². The molecule has 1 heterocycles. The van der Waals surface area contributed by atoms with Crippen LogP contribution in [0.15, 0.2) is 54.6 Å². The summed E-state index contributed by atoms with van der Waals surface area (Å²) < 4.78 is 5.37. The summed E-state index contributed by atoms with van der Waals surface area (Å²) in [6.07, 6.45) is 0. The minimum atomic E-state index is 0.594. The summed E-state index contributed by atoms with van der Waals surface area (Å²) in [5.41, 5.74) is 2.53. The van der Waals surface area contributed by atoms with Crippen LogP contribution < -0.4 is 15.4 Å². The van der Waals surface area contributed by atoms with Gasteiger partial charge in [0.1, 0.15) is 23.2 Å². The first-order valence-corrected chi connectivity index (χ1v) is 8.16. The molecule has 0 amide bonds. The van der Waals surface area contributed by atoms with E-state index in [1.54, 1.807) is 19.2 Å². The number of hydrogen-bond donors (Lipinski definition) is 2. The van der Waals surface area contributed by atoms with Crippen molar-refractivity contribution >= 4 is 17.3 Å². The maximum Gasteiger partial charge on any atom is 0.136 e. The molecule has 0 radical (unpaired) electrons. The van der Waals surface area contributed by atoms with Gasteiger partial charge in [-0.15, -0.1) is 0 Å². The molecule has 0 saturated carbocycles. The molecule has 0 aliphatic carbocycles. The fraction of sp³-hybridized carbons (Fsp3) is 0.150.